The average molecular weight is 300 g/mol. The summed E-state index contributed by atoms with van der Waals surface area (Å²) >= 11 is 0. The highest BCUT2D eigenvalue weighted by Gasteiger charge is 2.34. The Morgan fingerprint density at radius 3 is 2.68 bits per heavy atom. The van der Waals surface area contributed by atoms with Crippen molar-refractivity contribution in [2.45, 2.75) is 12.0 Å². The molecule has 7 heteroatoms. The fraction of sp³-hybridized carbons (Fsp3) is 0.267. The number of aromatic nitrogens is 1. The van der Waals surface area contributed by atoms with Crippen molar-refractivity contribution in [2.24, 2.45) is 5.73 Å². The first-order chi connectivity index (χ1) is 10.6. The molecule has 114 valence electrons. The highest BCUT2D eigenvalue weighted by atomic mass is 16.6. The van der Waals surface area contributed by atoms with Crippen LogP contribution >= 0.6 is 0 Å². The average Bonchev–Trinajstić information content (AvgIpc) is 3.14. The van der Waals surface area contributed by atoms with Crippen LogP contribution in [0.1, 0.15) is 22.0 Å². The molecule has 3 N–H and O–H groups in total. The molecule has 1 saturated heterocycles. The predicted octanol–water partition coefficient (Wildman–Crippen LogP) is 1.49. The van der Waals surface area contributed by atoms with Gasteiger partial charge in [0.1, 0.15) is 5.69 Å². The number of nitrogens with one attached hydrogen (secondary N) is 1. The number of carbonyl (C=O) groups is 1. The van der Waals surface area contributed by atoms with Gasteiger partial charge in [-0.25, -0.2) is 0 Å². The van der Waals surface area contributed by atoms with Crippen LogP contribution < -0.4 is 5.73 Å². The van der Waals surface area contributed by atoms with Gasteiger partial charge in [0.15, 0.2) is 0 Å². The highest BCUT2D eigenvalue weighted by Crippen LogP contribution is 2.27. The van der Waals surface area contributed by atoms with Gasteiger partial charge in [-0.15, -0.1) is 0 Å². The van der Waals surface area contributed by atoms with Gasteiger partial charge in [-0.3, -0.25) is 14.9 Å². The third kappa shape index (κ3) is 2.58. The summed E-state index contributed by atoms with van der Waals surface area (Å²) < 4.78 is 0. The van der Waals surface area contributed by atoms with Gasteiger partial charge in [-0.1, -0.05) is 30.3 Å². The van der Waals surface area contributed by atoms with Crippen molar-refractivity contribution >= 4 is 11.6 Å². The molecule has 1 aliphatic heterocycles. The number of hydrogen-bond acceptors (Lipinski definition) is 4. The van der Waals surface area contributed by atoms with Gasteiger partial charge in [-0.05, 0) is 5.56 Å². The molecule has 0 unspecified atom stereocenters. The molecule has 2 atom stereocenters. The van der Waals surface area contributed by atoms with Gasteiger partial charge in [0.05, 0.1) is 11.1 Å². The molecule has 1 aliphatic rings. The summed E-state index contributed by atoms with van der Waals surface area (Å²) in [5.41, 5.74) is 7.35. The Hall–Kier alpha value is -2.67. The van der Waals surface area contributed by atoms with E-state index in [0.29, 0.717) is 13.1 Å². The van der Waals surface area contributed by atoms with Crippen LogP contribution in [-0.4, -0.2) is 39.8 Å². The van der Waals surface area contributed by atoms with E-state index in [1.807, 2.05) is 30.3 Å². The first kappa shape index (κ1) is 14.3. The molecule has 0 aliphatic carbocycles. The number of benzene rings is 1. The van der Waals surface area contributed by atoms with E-state index in [1.165, 1.54) is 12.3 Å². The SMILES string of the molecule is N[C@@H]1CN(C(=O)c2cc([N+](=O)[O-])c[nH]2)C[C@H]1c1ccccc1. The number of H-pyrrole nitrogens is 1. The van der Waals surface area contributed by atoms with Gasteiger partial charge in [-0.2, -0.15) is 0 Å². The Kier molecular flexibility index (Phi) is 3.64. The molecule has 1 aromatic carbocycles. The summed E-state index contributed by atoms with van der Waals surface area (Å²) in [6.45, 7) is 0.946. The lowest BCUT2D eigenvalue weighted by atomic mass is 9.95. The summed E-state index contributed by atoms with van der Waals surface area (Å²) in [5, 5.41) is 10.7. The predicted molar refractivity (Wildman–Crippen MR) is 80.5 cm³/mol. The molecule has 0 saturated carbocycles. The lowest BCUT2D eigenvalue weighted by molar-refractivity contribution is -0.384. The molecule has 0 spiro atoms. The van der Waals surface area contributed by atoms with Crippen molar-refractivity contribution < 1.29 is 9.72 Å². The van der Waals surface area contributed by atoms with Crippen LogP contribution in [0.4, 0.5) is 5.69 Å². The van der Waals surface area contributed by atoms with E-state index >= 15 is 0 Å². The molecule has 22 heavy (non-hydrogen) atoms. The van der Waals surface area contributed by atoms with E-state index in [2.05, 4.69) is 4.98 Å². The minimum Gasteiger partial charge on any atom is -0.351 e. The minimum absolute atomic E-state index is 0.0788. The second-order valence-electron chi connectivity index (χ2n) is 5.42. The molecule has 0 bridgehead atoms. The number of nitrogens with two attached hydrogens (primary N) is 1. The van der Waals surface area contributed by atoms with Crippen molar-refractivity contribution in [1.29, 1.82) is 0 Å². The Labute approximate surface area is 126 Å². The highest BCUT2D eigenvalue weighted by molar-refractivity contribution is 5.93. The standard InChI is InChI=1S/C15H16N4O3/c16-13-9-18(8-12(13)10-4-2-1-3-5-10)15(20)14-6-11(7-17-14)19(21)22/h1-7,12-13,17H,8-9,16H2/t12-,13+/m0/s1. The van der Waals surface area contributed by atoms with Crippen LogP contribution in [-0.2, 0) is 0 Å². The van der Waals surface area contributed by atoms with Crippen LogP contribution in [0.2, 0.25) is 0 Å². The summed E-state index contributed by atoms with van der Waals surface area (Å²) in [7, 11) is 0. The first-order valence-corrected chi connectivity index (χ1v) is 6.99. The Balaban J connectivity index is 1.76. The maximum atomic E-state index is 12.4. The van der Waals surface area contributed by atoms with Crippen LogP contribution in [0.3, 0.4) is 0 Å². The van der Waals surface area contributed by atoms with Gasteiger partial charge in [0.25, 0.3) is 11.6 Å². The Morgan fingerprint density at radius 2 is 2.05 bits per heavy atom. The van der Waals surface area contributed by atoms with E-state index in [4.69, 9.17) is 5.73 Å². The summed E-state index contributed by atoms with van der Waals surface area (Å²) in [5.74, 6) is -0.183. The normalized spacial score (nSPS) is 21.0. The number of rotatable bonds is 3. The molecule has 1 fully saturated rings. The third-order valence-corrected chi connectivity index (χ3v) is 3.99. The largest absolute Gasteiger partial charge is 0.351 e. The van der Waals surface area contributed by atoms with Gasteiger partial charge in [0, 0.05) is 31.1 Å². The summed E-state index contributed by atoms with van der Waals surface area (Å²) in [6, 6.07) is 10.9. The first-order valence-electron chi connectivity index (χ1n) is 6.99. The zero-order valence-corrected chi connectivity index (χ0v) is 11.8. The lowest BCUT2D eigenvalue weighted by Crippen LogP contribution is -2.32. The number of aromatic amines is 1. The van der Waals surface area contributed by atoms with Crippen molar-refractivity contribution in [2.75, 3.05) is 13.1 Å². The summed E-state index contributed by atoms with van der Waals surface area (Å²) in [6.07, 6.45) is 1.22. The maximum absolute atomic E-state index is 12.4. The van der Waals surface area contributed by atoms with Gasteiger partial charge in [0.2, 0.25) is 0 Å². The topological polar surface area (TPSA) is 105 Å². The van der Waals surface area contributed by atoms with Crippen LogP contribution in [0, 0.1) is 10.1 Å². The Bertz CT molecular complexity index is 698. The molecule has 3 rings (SSSR count). The minimum atomic E-state index is -0.532. The molecule has 2 heterocycles. The van der Waals surface area contributed by atoms with E-state index in [1.54, 1.807) is 4.90 Å². The third-order valence-electron chi connectivity index (χ3n) is 3.99. The van der Waals surface area contributed by atoms with Crippen LogP contribution in [0.15, 0.2) is 42.6 Å². The lowest BCUT2D eigenvalue weighted by Gasteiger charge is -2.15. The Morgan fingerprint density at radius 1 is 1.32 bits per heavy atom. The van der Waals surface area contributed by atoms with E-state index in [0.717, 1.165) is 5.56 Å². The van der Waals surface area contributed by atoms with Crippen molar-refractivity contribution in [3.8, 4) is 0 Å². The smallest absolute Gasteiger partial charge is 0.287 e. The number of nitrogens with zero attached hydrogens (tertiary/aromatic N) is 2. The number of likely N-dealkylation sites (tertiary alicyclic amines) is 1. The zero-order valence-electron chi connectivity index (χ0n) is 11.8. The monoisotopic (exact) mass is 300 g/mol. The fourth-order valence-corrected chi connectivity index (χ4v) is 2.83. The molecule has 0 radical (unpaired) electrons. The number of amides is 1. The molecule has 7 nitrogen and oxygen atoms in total. The second-order valence-corrected chi connectivity index (χ2v) is 5.42. The van der Waals surface area contributed by atoms with Gasteiger partial charge >= 0.3 is 0 Å². The number of nitro groups is 1. The molecule has 1 amide bonds. The second kappa shape index (κ2) is 5.61. The van der Waals surface area contributed by atoms with Crippen LogP contribution in [0.25, 0.3) is 0 Å². The summed E-state index contributed by atoms with van der Waals surface area (Å²) in [4.78, 5) is 26.9. The molecular weight excluding hydrogens is 284 g/mol. The van der Waals surface area contributed by atoms with Crippen molar-refractivity contribution in [3.63, 3.8) is 0 Å². The maximum Gasteiger partial charge on any atom is 0.287 e. The zero-order chi connectivity index (χ0) is 15.7. The van der Waals surface area contributed by atoms with Gasteiger partial charge < -0.3 is 15.6 Å². The van der Waals surface area contributed by atoms with Crippen LogP contribution in [0.5, 0.6) is 0 Å². The number of hydrogen-bond donors (Lipinski definition) is 2. The van der Waals surface area contributed by atoms with E-state index in [9.17, 15) is 14.9 Å². The van der Waals surface area contributed by atoms with Crippen molar-refractivity contribution in [3.05, 3.63) is 64.0 Å². The fourth-order valence-electron chi connectivity index (χ4n) is 2.83. The molecule has 2 aromatic rings. The quantitative estimate of drug-likeness (QED) is 0.661. The van der Waals surface area contributed by atoms with E-state index < -0.39 is 4.92 Å². The van der Waals surface area contributed by atoms with E-state index in [-0.39, 0.29) is 29.2 Å². The molecular formula is C15H16N4O3. The molecule has 1 aromatic heterocycles. The van der Waals surface area contributed by atoms with Crippen molar-refractivity contribution in [1.82, 2.24) is 9.88 Å². The number of carbonyl (C=O) groups excluding carboxylic acids is 1.